The Balaban J connectivity index is 1.39. The molecular weight excluding hydrogens is 602 g/mol. The largest absolute Gasteiger partial charge is 0.508 e. The van der Waals surface area contributed by atoms with Crippen LogP contribution in [0.1, 0.15) is 63.6 Å². The minimum absolute atomic E-state index is 0.0480. The summed E-state index contributed by atoms with van der Waals surface area (Å²) in [4.78, 5) is 18.3. The van der Waals surface area contributed by atoms with Gasteiger partial charge in [0.05, 0.1) is 23.7 Å². The van der Waals surface area contributed by atoms with Crippen LogP contribution in [-0.4, -0.2) is 42.8 Å². The van der Waals surface area contributed by atoms with E-state index in [1.165, 1.54) is 0 Å². The maximum absolute atomic E-state index is 14.5. The van der Waals surface area contributed by atoms with E-state index in [4.69, 9.17) is 4.74 Å². The van der Waals surface area contributed by atoms with E-state index >= 15 is 0 Å². The van der Waals surface area contributed by atoms with Crippen molar-refractivity contribution in [2.75, 3.05) is 11.5 Å². The standard InChI is InChI=1S/C39H37N5O4/c1-22-10-12-27-29(15-22)34-19-31-37(42(34)4)30-18-26(45)11-13-32(30)44(39(31)47)35-17-25(20-40)41(3)33(35)8-6-14-48-36-9-5-7-24-21-43(38(27)46)23(2)16-28(24)36/h5,7,9-13,15,17-19,23,39,45,47H,6,8,14,16,21H2,1-4H3. The summed E-state index contributed by atoms with van der Waals surface area (Å²) in [5, 5.41) is 33.0. The average Bonchev–Trinajstić information content (AvgIpc) is 3.58. The first-order valence-electron chi connectivity index (χ1n) is 16.4. The molecule has 242 valence electrons. The van der Waals surface area contributed by atoms with Crippen molar-refractivity contribution in [1.82, 2.24) is 14.0 Å². The van der Waals surface area contributed by atoms with Crippen molar-refractivity contribution in [1.29, 1.82) is 5.26 Å². The monoisotopic (exact) mass is 639 g/mol. The third-order valence-corrected chi connectivity index (χ3v) is 10.3. The van der Waals surface area contributed by atoms with Crippen LogP contribution in [0.15, 0.2) is 66.7 Å². The first kappa shape index (κ1) is 29.9. The number of phenols is 1. The lowest BCUT2D eigenvalue weighted by molar-refractivity contribution is 0.0657. The van der Waals surface area contributed by atoms with Crippen molar-refractivity contribution in [2.24, 2.45) is 14.1 Å². The molecule has 9 nitrogen and oxygen atoms in total. The van der Waals surface area contributed by atoms with Gasteiger partial charge in [-0.2, -0.15) is 5.26 Å². The summed E-state index contributed by atoms with van der Waals surface area (Å²) in [6.07, 6.45) is 0.875. The van der Waals surface area contributed by atoms with Crippen molar-refractivity contribution in [3.05, 3.63) is 106 Å². The fraction of sp³-hybridized carbons (Fsp3) is 0.282. The van der Waals surface area contributed by atoms with E-state index < -0.39 is 6.23 Å². The fourth-order valence-electron chi connectivity index (χ4n) is 7.89. The van der Waals surface area contributed by atoms with Gasteiger partial charge in [-0.3, -0.25) is 4.79 Å². The molecule has 0 aliphatic carbocycles. The number of amides is 1. The predicted octanol–water partition coefficient (Wildman–Crippen LogP) is 6.64. The second-order valence-electron chi connectivity index (χ2n) is 13.3. The molecule has 9 heteroatoms. The number of aliphatic hydroxyl groups excluding tert-OH is 1. The average molecular weight is 640 g/mol. The maximum atomic E-state index is 14.5. The Morgan fingerprint density at radius 1 is 0.958 bits per heavy atom. The van der Waals surface area contributed by atoms with Crippen molar-refractivity contribution in [3.63, 3.8) is 0 Å². The number of ether oxygens (including phenoxy) is 1. The third kappa shape index (κ3) is 4.44. The molecule has 0 radical (unpaired) electrons. The number of hydrogen-bond acceptors (Lipinski definition) is 6. The summed E-state index contributed by atoms with van der Waals surface area (Å²) in [5.41, 5.74) is 10.3. The number of hydrogen-bond donors (Lipinski definition) is 2. The van der Waals surface area contributed by atoms with Crippen LogP contribution in [0.4, 0.5) is 11.4 Å². The lowest BCUT2D eigenvalue weighted by atomic mass is 9.92. The van der Waals surface area contributed by atoms with Crippen molar-refractivity contribution >= 4 is 17.3 Å². The maximum Gasteiger partial charge on any atom is 0.255 e. The molecule has 5 aromatic rings. The molecule has 0 saturated heterocycles. The molecule has 0 saturated carbocycles. The number of aliphatic hydroxyl groups is 1. The van der Waals surface area contributed by atoms with Crippen molar-refractivity contribution in [2.45, 2.75) is 51.9 Å². The van der Waals surface area contributed by atoms with Gasteiger partial charge in [-0.25, -0.2) is 0 Å². The van der Waals surface area contributed by atoms with Crippen LogP contribution >= 0.6 is 0 Å². The van der Waals surface area contributed by atoms with E-state index in [1.807, 2.05) is 88.5 Å². The van der Waals surface area contributed by atoms with Gasteiger partial charge in [0.25, 0.3) is 5.91 Å². The second kappa shape index (κ2) is 11.1. The van der Waals surface area contributed by atoms with Crippen LogP contribution in [0.2, 0.25) is 0 Å². The Bertz CT molecular complexity index is 2190. The van der Waals surface area contributed by atoms with E-state index in [-0.39, 0.29) is 17.7 Å². The molecule has 0 fully saturated rings. The topological polar surface area (TPSA) is 107 Å². The first-order valence-corrected chi connectivity index (χ1v) is 16.4. The number of rotatable bonds is 0. The van der Waals surface area contributed by atoms with Crippen LogP contribution < -0.4 is 9.64 Å². The summed E-state index contributed by atoms with van der Waals surface area (Å²) in [5.74, 6) is 0.892. The normalized spacial score (nSPS) is 18.3. The predicted molar refractivity (Wildman–Crippen MR) is 183 cm³/mol. The zero-order chi connectivity index (χ0) is 33.4. The summed E-state index contributed by atoms with van der Waals surface area (Å²) in [6.45, 7) is 5.05. The Morgan fingerprint density at radius 2 is 1.79 bits per heavy atom. The van der Waals surface area contributed by atoms with E-state index in [0.29, 0.717) is 54.9 Å². The number of carbonyl (C=O) groups is 1. The highest BCUT2D eigenvalue weighted by Gasteiger charge is 2.38. The summed E-state index contributed by atoms with van der Waals surface area (Å²) >= 11 is 0. The Morgan fingerprint density at radius 3 is 2.60 bits per heavy atom. The SMILES string of the molecule is Cc1ccc2c(c1)-c1cc3c(n1C)-c1cc(O)ccc1N(c1cc(C#N)n(C)c1CCCOc1cccc4c1CC(C)N(C4)C2=O)C3O. The summed E-state index contributed by atoms with van der Waals surface area (Å²) in [7, 11) is 3.82. The van der Waals surface area contributed by atoms with Gasteiger partial charge >= 0.3 is 0 Å². The van der Waals surface area contributed by atoms with E-state index in [0.717, 1.165) is 56.3 Å². The van der Waals surface area contributed by atoms with Crippen molar-refractivity contribution < 1.29 is 19.7 Å². The number of aryl methyl sites for hydroxylation is 1. The smallest absolute Gasteiger partial charge is 0.255 e. The van der Waals surface area contributed by atoms with Gasteiger partial charge in [-0.05, 0) is 87.2 Å². The van der Waals surface area contributed by atoms with E-state index in [9.17, 15) is 20.3 Å². The minimum Gasteiger partial charge on any atom is -0.508 e. The lowest BCUT2D eigenvalue weighted by Crippen LogP contribution is -2.43. The number of nitrogens with zero attached hydrogens (tertiary/aromatic N) is 5. The number of benzene rings is 3. The van der Waals surface area contributed by atoms with Crippen LogP contribution in [0, 0.1) is 18.3 Å². The van der Waals surface area contributed by atoms with Gasteiger partial charge in [0.1, 0.15) is 23.3 Å². The highest BCUT2D eigenvalue weighted by atomic mass is 16.5. The molecule has 2 atom stereocenters. The molecule has 9 rings (SSSR count). The van der Waals surface area contributed by atoms with Gasteiger partial charge in [0, 0.05) is 65.9 Å². The number of aromatic hydroxyl groups is 1. The van der Waals surface area contributed by atoms with E-state index in [1.54, 1.807) is 12.1 Å². The Labute approximate surface area is 279 Å². The van der Waals surface area contributed by atoms with Crippen LogP contribution in [0.25, 0.3) is 22.5 Å². The molecular formula is C39H37N5O4. The lowest BCUT2D eigenvalue weighted by Gasteiger charge is -2.36. The minimum atomic E-state index is -1.10. The van der Waals surface area contributed by atoms with Gasteiger partial charge in [-0.1, -0.05) is 23.8 Å². The molecule has 48 heavy (non-hydrogen) atoms. The molecule has 7 bridgehead atoms. The zero-order valence-electron chi connectivity index (χ0n) is 27.5. The molecule has 4 aliphatic heterocycles. The number of anilines is 2. The van der Waals surface area contributed by atoms with E-state index in [2.05, 4.69) is 19.1 Å². The molecule has 0 spiro atoms. The molecule has 6 heterocycles. The number of fused-ring (bicyclic) bond motifs is 6. The first-order chi connectivity index (χ1) is 23.2. The van der Waals surface area contributed by atoms with Gasteiger partial charge in [0.15, 0.2) is 6.23 Å². The summed E-state index contributed by atoms with van der Waals surface area (Å²) in [6, 6.07) is 23.2. The zero-order valence-corrected chi connectivity index (χ0v) is 27.5. The number of carbonyl (C=O) groups excluding carboxylic acids is 1. The molecule has 2 aromatic heterocycles. The molecule has 1 amide bonds. The van der Waals surface area contributed by atoms with Crippen molar-refractivity contribution in [3.8, 4) is 40.1 Å². The highest BCUT2D eigenvalue weighted by molar-refractivity contribution is 6.02. The van der Waals surface area contributed by atoms with Crippen LogP contribution in [0.5, 0.6) is 11.5 Å². The molecule has 2 N–H and O–H groups in total. The molecule has 2 unspecified atom stereocenters. The highest BCUT2D eigenvalue weighted by Crippen LogP contribution is 2.52. The van der Waals surface area contributed by atoms with Gasteiger partial charge in [0.2, 0.25) is 0 Å². The number of phenolic OH excluding ortho intramolecular Hbond substituents is 1. The van der Waals surface area contributed by atoms with Gasteiger partial charge < -0.3 is 33.9 Å². The second-order valence-corrected chi connectivity index (χ2v) is 13.3. The van der Waals surface area contributed by atoms with Gasteiger partial charge in [-0.15, -0.1) is 0 Å². The molecule has 4 aliphatic rings. The Kier molecular flexibility index (Phi) is 6.90. The third-order valence-electron chi connectivity index (χ3n) is 10.3. The number of aromatic nitrogens is 2. The molecule has 3 aromatic carbocycles. The fourth-order valence-corrected chi connectivity index (χ4v) is 7.89. The quantitative estimate of drug-likeness (QED) is 0.197. The Hall–Kier alpha value is -5.46. The summed E-state index contributed by atoms with van der Waals surface area (Å²) < 4.78 is 10.3. The van der Waals surface area contributed by atoms with Crippen LogP contribution in [0.3, 0.4) is 0 Å². The van der Waals surface area contributed by atoms with Crippen LogP contribution in [-0.2, 0) is 33.5 Å². The number of nitriles is 1.